The predicted octanol–water partition coefficient (Wildman–Crippen LogP) is 3.73. The number of rotatable bonds is 2. The first-order chi connectivity index (χ1) is 9.22. The number of oxazole rings is 1. The number of nitrogens with one attached hydrogen (secondary N) is 1. The fourth-order valence-corrected chi connectivity index (χ4v) is 1.96. The lowest BCUT2D eigenvalue weighted by Gasteiger charge is -2.05. The number of halogens is 1. The normalized spacial score (nSPS) is 10.6. The average molecular weight is 273 g/mol. The van der Waals surface area contributed by atoms with E-state index >= 15 is 0 Å². The molecule has 19 heavy (non-hydrogen) atoms. The number of carbonyl (C=O) groups is 1. The molecule has 0 saturated carbocycles. The minimum absolute atomic E-state index is 0.221. The first kappa shape index (κ1) is 11.7. The minimum Gasteiger partial charge on any atom is -0.443 e. The number of anilines is 1. The Morgan fingerprint density at radius 1 is 1.21 bits per heavy atom. The molecule has 1 heterocycles. The second kappa shape index (κ2) is 4.74. The molecule has 94 valence electrons. The lowest BCUT2D eigenvalue weighted by atomic mass is 10.2. The third kappa shape index (κ3) is 2.44. The number of carbonyl (C=O) groups excluding carboxylic acids is 1. The van der Waals surface area contributed by atoms with Crippen LogP contribution in [0.5, 0.6) is 0 Å². The number of amides is 1. The van der Waals surface area contributed by atoms with Crippen LogP contribution < -0.4 is 5.32 Å². The molecule has 0 bridgehead atoms. The molecule has 0 aliphatic heterocycles. The van der Waals surface area contributed by atoms with Crippen molar-refractivity contribution in [1.29, 1.82) is 0 Å². The fraction of sp³-hybridized carbons (Fsp3) is 0. The lowest BCUT2D eigenvalue weighted by molar-refractivity contribution is 0.102. The van der Waals surface area contributed by atoms with Crippen LogP contribution in [0.4, 0.5) is 5.69 Å². The van der Waals surface area contributed by atoms with Crippen LogP contribution >= 0.6 is 11.6 Å². The van der Waals surface area contributed by atoms with E-state index < -0.39 is 0 Å². The van der Waals surface area contributed by atoms with Crippen molar-refractivity contribution >= 4 is 34.3 Å². The van der Waals surface area contributed by atoms with Gasteiger partial charge < -0.3 is 9.73 Å². The second-order valence-electron chi connectivity index (χ2n) is 4.00. The van der Waals surface area contributed by atoms with Crippen molar-refractivity contribution in [3.63, 3.8) is 0 Å². The van der Waals surface area contributed by atoms with Gasteiger partial charge in [-0.2, -0.15) is 0 Å². The molecule has 0 atom stereocenters. The second-order valence-corrected chi connectivity index (χ2v) is 4.44. The fourth-order valence-electron chi connectivity index (χ4n) is 1.77. The number of hydrogen-bond acceptors (Lipinski definition) is 3. The van der Waals surface area contributed by atoms with E-state index in [0.717, 1.165) is 5.52 Å². The van der Waals surface area contributed by atoms with E-state index in [9.17, 15) is 4.79 Å². The Morgan fingerprint density at radius 3 is 2.95 bits per heavy atom. The zero-order valence-electron chi connectivity index (χ0n) is 9.76. The molecule has 1 N–H and O–H groups in total. The molecule has 0 radical (unpaired) electrons. The van der Waals surface area contributed by atoms with Crippen LogP contribution in [0, 0.1) is 0 Å². The topological polar surface area (TPSA) is 55.1 Å². The third-order valence-electron chi connectivity index (χ3n) is 2.68. The highest BCUT2D eigenvalue weighted by Crippen LogP contribution is 2.19. The quantitative estimate of drug-likeness (QED) is 0.773. The monoisotopic (exact) mass is 272 g/mol. The molecule has 3 rings (SSSR count). The van der Waals surface area contributed by atoms with Crippen molar-refractivity contribution in [2.75, 3.05) is 5.32 Å². The zero-order chi connectivity index (χ0) is 13.2. The summed E-state index contributed by atoms with van der Waals surface area (Å²) in [6.45, 7) is 0. The molecule has 3 aromatic rings. The number of benzene rings is 2. The number of nitrogens with zero attached hydrogens (tertiary/aromatic N) is 1. The highest BCUT2D eigenvalue weighted by molar-refractivity contribution is 6.31. The summed E-state index contributed by atoms with van der Waals surface area (Å²) >= 11 is 5.85. The van der Waals surface area contributed by atoms with Gasteiger partial charge in [-0.25, -0.2) is 4.98 Å². The predicted molar refractivity (Wildman–Crippen MR) is 73.4 cm³/mol. The van der Waals surface area contributed by atoms with Crippen molar-refractivity contribution in [1.82, 2.24) is 4.98 Å². The van der Waals surface area contributed by atoms with Gasteiger partial charge in [-0.3, -0.25) is 4.79 Å². The Balaban J connectivity index is 1.86. The highest BCUT2D eigenvalue weighted by Gasteiger charge is 2.07. The van der Waals surface area contributed by atoms with Gasteiger partial charge in [-0.1, -0.05) is 17.7 Å². The van der Waals surface area contributed by atoms with Crippen molar-refractivity contribution in [3.05, 3.63) is 59.4 Å². The molecule has 2 aromatic carbocycles. The van der Waals surface area contributed by atoms with Gasteiger partial charge in [0.15, 0.2) is 12.0 Å². The standard InChI is InChI=1S/C14H9ClN2O2/c15-10-3-1-2-9(6-10)14(18)17-11-4-5-12-13(7-11)19-8-16-12/h1-8H,(H,17,18). The molecular weight excluding hydrogens is 264 g/mol. The Kier molecular flexibility index (Phi) is 2.93. The molecule has 5 heteroatoms. The maximum atomic E-state index is 12.0. The maximum absolute atomic E-state index is 12.0. The van der Waals surface area contributed by atoms with Crippen LogP contribution in [0.1, 0.15) is 10.4 Å². The summed E-state index contributed by atoms with van der Waals surface area (Å²) in [7, 11) is 0. The Hall–Kier alpha value is -2.33. The molecule has 0 aliphatic carbocycles. The van der Waals surface area contributed by atoms with Crippen LogP contribution in [0.2, 0.25) is 5.02 Å². The van der Waals surface area contributed by atoms with Crippen LogP contribution in [0.15, 0.2) is 53.3 Å². The molecule has 0 aliphatic rings. The summed E-state index contributed by atoms with van der Waals surface area (Å²) in [6, 6.07) is 12.1. The van der Waals surface area contributed by atoms with Gasteiger partial charge in [0.05, 0.1) is 0 Å². The molecule has 0 fully saturated rings. The van der Waals surface area contributed by atoms with Gasteiger partial charge in [-0.05, 0) is 30.3 Å². The van der Waals surface area contributed by atoms with Gasteiger partial charge in [-0.15, -0.1) is 0 Å². The summed E-state index contributed by atoms with van der Waals surface area (Å²) in [5, 5.41) is 3.31. The first-order valence-corrected chi connectivity index (χ1v) is 6.00. The zero-order valence-corrected chi connectivity index (χ0v) is 10.5. The molecule has 0 unspecified atom stereocenters. The largest absolute Gasteiger partial charge is 0.443 e. The number of hydrogen-bond donors (Lipinski definition) is 1. The van der Waals surface area contributed by atoms with E-state index in [-0.39, 0.29) is 5.91 Å². The Morgan fingerprint density at radius 2 is 2.11 bits per heavy atom. The maximum Gasteiger partial charge on any atom is 0.255 e. The summed E-state index contributed by atoms with van der Waals surface area (Å²) in [4.78, 5) is 16.0. The van der Waals surface area contributed by atoms with Crippen LogP contribution in [0.25, 0.3) is 11.1 Å². The summed E-state index contributed by atoms with van der Waals surface area (Å²) in [6.07, 6.45) is 1.37. The smallest absolute Gasteiger partial charge is 0.255 e. The average Bonchev–Trinajstić information content (AvgIpc) is 2.86. The molecular formula is C14H9ClN2O2. The van der Waals surface area contributed by atoms with Crippen LogP contribution in [-0.2, 0) is 0 Å². The van der Waals surface area contributed by atoms with E-state index in [0.29, 0.717) is 21.9 Å². The lowest BCUT2D eigenvalue weighted by Crippen LogP contribution is -2.11. The van der Waals surface area contributed by atoms with E-state index in [1.807, 2.05) is 0 Å². The van der Waals surface area contributed by atoms with Gasteiger partial charge in [0.25, 0.3) is 5.91 Å². The molecule has 0 saturated heterocycles. The SMILES string of the molecule is O=C(Nc1ccc2ncoc2c1)c1cccc(Cl)c1. The minimum atomic E-state index is -0.221. The van der Waals surface area contributed by atoms with Gasteiger partial charge >= 0.3 is 0 Å². The Labute approximate surface area is 114 Å². The van der Waals surface area contributed by atoms with Crippen LogP contribution in [-0.4, -0.2) is 10.9 Å². The van der Waals surface area contributed by atoms with Gasteiger partial charge in [0.1, 0.15) is 5.52 Å². The van der Waals surface area contributed by atoms with Gasteiger partial charge in [0.2, 0.25) is 0 Å². The molecule has 1 amide bonds. The molecule has 1 aromatic heterocycles. The summed E-state index contributed by atoms with van der Waals surface area (Å²) in [5.41, 5.74) is 2.53. The van der Waals surface area contributed by atoms with Crippen molar-refractivity contribution in [3.8, 4) is 0 Å². The summed E-state index contributed by atoms with van der Waals surface area (Å²) in [5.74, 6) is -0.221. The van der Waals surface area contributed by atoms with E-state index in [1.54, 1.807) is 42.5 Å². The number of fused-ring (bicyclic) bond motifs is 1. The van der Waals surface area contributed by atoms with Crippen molar-refractivity contribution in [2.45, 2.75) is 0 Å². The van der Waals surface area contributed by atoms with Gasteiger partial charge in [0, 0.05) is 22.3 Å². The van der Waals surface area contributed by atoms with E-state index in [4.69, 9.17) is 16.0 Å². The van der Waals surface area contributed by atoms with Crippen molar-refractivity contribution in [2.24, 2.45) is 0 Å². The highest BCUT2D eigenvalue weighted by atomic mass is 35.5. The molecule has 0 spiro atoms. The van der Waals surface area contributed by atoms with E-state index in [2.05, 4.69) is 10.3 Å². The van der Waals surface area contributed by atoms with Crippen LogP contribution in [0.3, 0.4) is 0 Å². The molecule has 4 nitrogen and oxygen atoms in total. The Bertz CT molecular complexity index is 752. The number of aromatic nitrogens is 1. The van der Waals surface area contributed by atoms with Crippen molar-refractivity contribution < 1.29 is 9.21 Å². The first-order valence-electron chi connectivity index (χ1n) is 5.62. The summed E-state index contributed by atoms with van der Waals surface area (Å²) < 4.78 is 5.18. The van der Waals surface area contributed by atoms with E-state index in [1.165, 1.54) is 6.39 Å². The third-order valence-corrected chi connectivity index (χ3v) is 2.91.